The zero-order chi connectivity index (χ0) is 20.4. The van der Waals surface area contributed by atoms with E-state index in [0.29, 0.717) is 17.2 Å². The van der Waals surface area contributed by atoms with Gasteiger partial charge < -0.3 is 9.47 Å². The largest absolute Gasteiger partial charge is 0.494 e. The molecule has 29 heavy (non-hydrogen) atoms. The minimum atomic E-state index is -3.30. The van der Waals surface area contributed by atoms with Crippen molar-refractivity contribution < 1.29 is 17.9 Å². The highest BCUT2D eigenvalue weighted by molar-refractivity contribution is 7.90. The van der Waals surface area contributed by atoms with Crippen molar-refractivity contribution in [1.82, 2.24) is 4.98 Å². The summed E-state index contributed by atoms with van der Waals surface area (Å²) in [7, 11) is -1.67. The Morgan fingerprint density at radius 2 is 1.59 bits per heavy atom. The molecule has 146 valence electrons. The minimum Gasteiger partial charge on any atom is -0.494 e. The van der Waals surface area contributed by atoms with Gasteiger partial charge in [-0.2, -0.15) is 0 Å². The zero-order valence-electron chi connectivity index (χ0n) is 16.0. The summed E-state index contributed by atoms with van der Waals surface area (Å²) in [6.07, 6.45) is 2.93. The van der Waals surface area contributed by atoms with E-state index < -0.39 is 9.84 Å². The number of fused-ring (bicyclic) bond motifs is 1. The molecule has 3 aromatic carbocycles. The molecular weight excluding hydrogens is 386 g/mol. The lowest BCUT2D eigenvalue weighted by atomic mass is 10.0. The van der Waals surface area contributed by atoms with E-state index in [9.17, 15) is 8.42 Å². The number of para-hydroxylation sites is 1. The normalized spacial score (nSPS) is 11.4. The van der Waals surface area contributed by atoms with Crippen LogP contribution in [0.3, 0.4) is 0 Å². The third-order valence-electron chi connectivity index (χ3n) is 4.57. The fourth-order valence-corrected chi connectivity index (χ4v) is 3.85. The van der Waals surface area contributed by atoms with Gasteiger partial charge in [0.1, 0.15) is 22.8 Å². The van der Waals surface area contributed by atoms with Crippen LogP contribution in [-0.2, 0) is 9.84 Å². The van der Waals surface area contributed by atoms with Crippen LogP contribution in [0.5, 0.6) is 17.2 Å². The highest BCUT2D eigenvalue weighted by Crippen LogP contribution is 2.34. The second-order valence-electron chi connectivity index (χ2n) is 6.59. The molecule has 1 aromatic heterocycles. The Bertz CT molecular complexity index is 1300. The first-order valence-corrected chi connectivity index (χ1v) is 10.8. The van der Waals surface area contributed by atoms with Crippen molar-refractivity contribution >= 4 is 20.7 Å². The molecule has 4 aromatic rings. The number of rotatable bonds is 5. The van der Waals surface area contributed by atoms with Gasteiger partial charge in [0.25, 0.3) is 0 Å². The molecule has 0 atom stereocenters. The number of nitrogens with zero attached hydrogens (tertiary/aromatic N) is 1. The van der Waals surface area contributed by atoms with Crippen molar-refractivity contribution in [2.24, 2.45) is 0 Å². The van der Waals surface area contributed by atoms with Crippen molar-refractivity contribution in [3.63, 3.8) is 0 Å². The van der Waals surface area contributed by atoms with Crippen LogP contribution in [0.15, 0.2) is 83.9 Å². The first-order valence-electron chi connectivity index (χ1n) is 8.96. The van der Waals surface area contributed by atoms with Crippen LogP contribution in [-0.4, -0.2) is 26.8 Å². The molecular formula is C23H19NO4S. The fourth-order valence-electron chi connectivity index (χ4n) is 3.20. The second kappa shape index (κ2) is 7.56. The van der Waals surface area contributed by atoms with Crippen LogP contribution < -0.4 is 9.47 Å². The number of hydrogen-bond acceptors (Lipinski definition) is 5. The number of ether oxygens (including phenoxy) is 2. The quantitative estimate of drug-likeness (QED) is 0.462. The van der Waals surface area contributed by atoms with Gasteiger partial charge in [0.05, 0.1) is 12.0 Å². The van der Waals surface area contributed by atoms with Crippen LogP contribution in [0.4, 0.5) is 0 Å². The van der Waals surface area contributed by atoms with Crippen LogP contribution in [0.1, 0.15) is 0 Å². The predicted octanol–water partition coefficient (Wildman–Crippen LogP) is 5.11. The van der Waals surface area contributed by atoms with Crippen molar-refractivity contribution in [3.05, 3.63) is 79.0 Å². The maximum Gasteiger partial charge on any atom is 0.175 e. The third-order valence-corrected chi connectivity index (χ3v) is 5.68. The maximum absolute atomic E-state index is 11.8. The van der Waals surface area contributed by atoms with E-state index in [0.717, 1.165) is 22.0 Å². The number of methoxy groups -OCH3 is 1. The van der Waals surface area contributed by atoms with Crippen LogP contribution in [0.2, 0.25) is 0 Å². The molecule has 0 N–H and O–H groups in total. The maximum atomic E-state index is 11.8. The summed E-state index contributed by atoms with van der Waals surface area (Å²) in [5.74, 6) is 1.79. The summed E-state index contributed by atoms with van der Waals surface area (Å²) in [5, 5.41) is 0.975. The standard InChI is InChI=1S/C23H19NO4S/c1-27-22-11-5-10-21-20(12-13-24-23(21)22)16-6-3-7-17(14-16)28-18-8-4-9-19(15-18)29(2,25)26/h3-15H,1-2H3. The molecule has 6 heteroatoms. The van der Waals surface area contributed by atoms with Gasteiger partial charge in [-0.05, 0) is 53.6 Å². The minimum absolute atomic E-state index is 0.221. The molecule has 0 saturated carbocycles. The van der Waals surface area contributed by atoms with E-state index >= 15 is 0 Å². The number of pyridine rings is 1. The van der Waals surface area contributed by atoms with E-state index in [1.54, 1.807) is 31.5 Å². The Balaban J connectivity index is 1.73. The number of sulfone groups is 1. The Kier molecular flexibility index (Phi) is 4.94. The average molecular weight is 405 g/mol. The lowest BCUT2D eigenvalue weighted by Gasteiger charge is -2.11. The summed E-state index contributed by atoms with van der Waals surface area (Å²) in [5.41, 5.74) is 2.76. The first kappa shape index (κ1) is 19.0. The number of hydrogen-bond donors (Lipinski definition) is 0. The molecule has 0 unspecified atom stereocenters. The molecule has 0 bridgehead atoms. The molecule has 0 saturated heterocycles. The Morgan fingerprint density at radius 1 is 0.862 bits per heavy atom. The van der Waals surface area contributed by atoms with Crippen molar-refractivity contribution in [3.8, 4) is 28.4 Å². The van der Waals surface area contributed by atoms with Gasteiger partial charge in [-0.3, -0.25) is 4.98 Å². The smallest absolute Gasteiger partial charge is 0.175 e. The van der Waals surface area contributed by atoms with Crippen LogP contribution >= 0.6 is 0 Å². The summed E-state index contributed by atoms with van der Waals surface area (Å²) < 4.78 is 34.9. The van der Waals surface area contributed by atoms with Crippen molar-refractivity contribution in [2.75, 3.05) is 13.4 Å². The van der Waals surface area contributed by atoms with Crippen LogP contribution in [0, 0.1) is 0 Å². The summed E-state index contributed by atoms with van der Waals surface area (Å²) >= 11 is 0. The molecule has 0 aliphatic rings. The molecule has 0 spiro atoms. The van der Waals surface area contributed by atoms with Crippen molar-refractivity contribution in [1.29, 1.82) is 0 Å². The van der Waals surface area contributed by atoms with Gasteiger partial charge in [-0.15, -0.1) is 0 Å². The third kappa shape index (κ3) is 3.93. The SMILES string of the molecule is COc1cccc2c(-c3cccc(Oc4cccc(S(C)(=O)=O)c4)c3)ccnc12. The molecule has 0 aliphatic heterocycles. The highest BCUT2D eigenvalue weighted by Gasteiger charge is 2.11. The van der Waals surface area contributed by atoms with Crippen molar-refractivity contribution in [2.45, 2.75) is 4.90 Å². The van der Waals surface area contributed by atoms with E-state index in [-0.39, 0.29) is 4.90 Å². The zero-order valence-corrected chi connectivity index (χ0v) is 16.8. The van der Waals surface area contributed by atoms with Crippen LogP contribution in [0.25, 0.3) is 22.0 Å². The topological polar surface area (TPSA) is 65.5 Å². The Labute approximate surface area is 169 Å². The van der Waals surface area contributed by atoms with Gasteiger partial charge in [0, 0.05) is 17.8 Å². The summed E-state index contributed by atoms with van der Waals surface area (Å²) in [6.45, 7) is 0. The number of benzene rings is 3. The molecule has 1 heterocycles. The van der Waals surface area contributed by atoms with Gasteiger partial charge >= 0.3 is 0 Å². The average Bonchev–Trinajstić information content (AvgIpc) is 2.72. The van der Waals surface area contributed by atoms with Gasteiger partial charge in [0.2, 0.25) is 0 Å². The highest BCUT2D eigenvalue weighted by atomic mass is 32.2. The molecule has 0 radical (unpaired) electrons. The predicted molar refractivity (Wildman–Crippen MR) is 113 cm³/mol. The van der Waals surface area contributed by atoms with E-state index in [1.807, 2.05) is 48.5 Å². The van der Waals surface area contributed by atoms with E-state index in [1.165, 1.54) is 12.3 Å². The summed E-state index contributed by atoms with van der Waals surface area (Å²) in [6, 6.07) is 21.9. The van der Waals surface area contributed by atoms with Gasteiger partial charge in [-0.1, -0.05) is 30.3 Å². The lowest BCUT2D eigenvalue weighted by Crippen LogP contribution is -1.97. The molecule has 0 fully saturated rings. The second-order valence-corrected chi connectivity index (χ2v) is 8.61. The lowest BCUT2D eigenvalue weighted by molar-refractivity contribution is 0.419. The molecule has 0 aliphatic carbocycles. The molecule has 5 nitrogen and oxygen atoms in total. The van der Waals surface area contributed by atoms with E-state index in [4.69, 9.17) is 9.47 Å². The number of aromatic nitrogens is 1. The Morgan fingerprint density at radius 3 is 2.34 bits per heavy atom. The Hall–Kier alpha value is -3.38. The fraction of sp³-hybridized carbons (Fsp3) is 0.0870. The van der Waals surface area contributed by atoms with Gasteiger partial charge in [-0.25, -0.2) is 8.42 Å². The monoisotopic (exact) mass is 405 g/mol. The molecule has 4 rings (SSSR count). The first-order chi connectivity index (χ1) is 14.0. The van der Waals surface area contributed by atoms with Gasteiger partial charge in [0.15, 0.2) is 9.84 Å². The van der Waals surface area contributed by atoms with E-state index in [2.05, 4.69) is 4.98 Å². The summed E-state index contributed by atoms with van der Waals surface area (Å²) in [4.78, 5) is 4.67. The molecule has 0 amide bonds.